The van der Waals surface area contributed by atoms with Crippen LogP contribution in [-0.4, -0.2) is 29.9 Å². The van der Waals surface area contributed by atoms with E-state index in [2.05, 4.69) is 32.9 Å². The third kappa shape index (κ3) is 6.00. The van der Waals surface area contributed by atoms with Gasteiger partial charge in [0.25, 0.3) is 0 Å². The maximum Gasteiger partial charge on any atom is 0.246 e. The quantitative estimate of drug-likeness (QED) is 0.532. The van der Waals surface area contributed by atoms with E-state index in [9.17, 15) is 4.79 Å². The molecule has 1 amide bonds. The van der Waals surface area contributed by atoms with Crippen LogP contribution in [0.3, 0.4) is 0 Å². The number of hydrogen-bond donors (Lipinski definition) is 3. The average molecular weight is 345 g/mol. The van der Waals surface area contributed by atoms with Gasteiger partial charge in [0.1, 0.15) is 11.6 Å². The predicted molar refractivity (Wildman–Crippen MR) is 99.4 cm³/mol. The molecule has 24 heavy (non-hydrogen) atoms. The molecule has 3 N–H and O–H groups in total. The largest absolute Gasteiger partial charge is 0.357 e. The van der Waals surface area contributed by atoms with Crippen molar-refractivity contribution >= 4 is 28.9 Å². The lowest BCUT2D eigenvalue weighted by molar-refractivity contribution is -0.114. The Balaban J connectivity index is 1.86. The molecule has 1 aromatic heterocycles. The highest BCUT2D eigenvalue weighted by molar-refractivity contribution is 7.11. The number of aromatic nitrogens is 1. The lowest BCUT2D eigenvalue weighted by atomic mass is 10.3. The van der Waals surface area contributed by atoms with Crippen LogP contribution >= 0.6 is 11.3 Å². The number of thiazole rings is 1. The first-order chi connectivity index (χ1) is 11.7. The first kappa shape index (κ1) is 17.9. The molecule has 0 unspecified atom stereocenters. The number of benzene rings is 1. The molecule has 0 fully saturated rings. The van der Waals surface area contributed by atoms with Gasteiger partial charge < -0.3 is 16.0 Å². The van der Waals surface area contributed by atoms with Crippen molar-refractivity contribution in [2.45, 2.75) is 26.8 Å². The first-order valence-corrected chi connectivity index (χ1v) is 8.83. The van der Waals surface area contributed by atoms with Gasteiger partial charge in [-0.3, -0.25) is 4.79 Å². The number of aryl methyl sites for hydroxylation is 1. The van der Waals surface area contributed by atoms with Gasteiger partial charge in [-0.15, -0.1) is 11.3 Å². The third-order valence-corrected chi connectivity index (χ3v) is 4.28. The molecule has 2 rings (SSSR count). The summed E-state index contributed by atoms with van der Waals surface area (Å²) >= 11 is 1.68. The lowest BCUT2D eigenvalue weighted by Gasteiger charge is -2.10. The summed E-state index contributed by atoms with van der Waals surface area (Å²) in [7, 11) is 0. The second kappa shape index (κ2) is 9.67. The predicted octanol–water partition coefficient (Wildman–Crippen LogP) is 2.40. The summed E-state index contributed by atoms with van der Waals surface area (Å²) in [6.07, 6.45) is 2.89. The maximum absolute atomic E-state index is 12.0. The molecule has 7 heteroatoms. The number of nitrogens with one attached hydrogen (secondary N) is 3. The Labute approximate surface area is 146 Å². The second-order valence-corrected chi connectivity index (χ2v) is 6.24. The van der Waals surface area contributed by atoms with Crippen molar-refractivity contribution < 1.29 is 4.79 Å². The number of amides is 1. The van der Waals surface area contributed by atoms with Crippen molar-refractivity contribution in [2.75, 3.05) is 18.4 Å². The van der Waals surface area contributed by atoms with E-state index >= 15 is 0 Å². The highest BCUT2D eigenvalue weighted by Gasteiger charge is 2.05. The van der Waals surface area contributed by atoms with Gasteiger partial charge in [0.05, 0.1) is 6.54 Å². The standard InChI is InChI=1S/C17H23N5OS/c1-3-14-10-19-16(24-14)12-21-17(18-4-2)20-11-15(23)22-13-8-6-5-7-9-13/h5-10H,3-4,11-12H2,1-2H3,(H,22,23)(H2,18,20,21). The summed E-state index contributed by atoms with van der Waals surface area (Å²) in [5.41, 5.74) is 0.769. The zero-order chi connectivity index (χ0) is 17.2. The van der Waals surface area contributed by atoms with E-state index in [4.69, 9.17) is 0 Å². The summed E-state index contributed by atoms with van der Waals surface area (Å²) in [6, 6.07) is 9.35. The Kier molecular flexibility index (Phi) is 7.22. The Morgan fingerprint density at radius 2 is 2.00 bits per heavy atom. The van der Waals surface area contributed by atoms with Crippen molar-refractivity contribution in [3.63, 3.8) is 0 Å². The number of anilines is 1. The minimum absolute atomic E-state index is 0.0578. The third-order valence-electron chi connectivity index (χ3n) is 3.14. The van der Waals surface area contributed by atoms with Crippen LogP contribution in [0.4, 0.5) is 5.69 Å². The number of carbonyl (C=O) groups excluding carboxylic acids is 1. The fourth-order valence-electron chi connectivity index (χ4n) is 1.97. The van der Waals surface area contributed by atoms with Gasteiger partial charge in [0.2, 0.25) is 5.91 Å². The van der Waals surface area contributed by atoms with Gasteiger partial charge in [-0.05, 0) is 25.5 Å². The van der Waals surface area contributed by atoms with Crippen molar-refractivity contribution in [3.8, 4) is 0 Å². The molecule has 128 valence electrons. The van der Waals surface area contributed by atoms with Gasteiger partial charge in [0, 0.05) is 23.3 Å². The SMILES string of the molecule is CCNC(=NCC(=O)Nc1ccccc1)NCc1ncc(CC)s1. The van der Waals surface area contributed by atoms with Gasteiger partial charge in [-0.1, -0.05) is 25.1 Å². The molecule has 1 heterocycles. The summed E-state index contributed by atoms with van der Waals surface area (Å²) < 4.78 is 0. The number of rotatable bonds is 7. The number of aliphatic imine (C=N–C) groups is 1. The molecule has 2 aromatic rings. The number of nitrogens with zero attached hydrogens (tertiary/aromatic N) is 2. The fourth-order valence-corrected chi connectivity index (χ4v) is 2.77. The van der Waals surface area contributed by atoms with Crippen LogP contribution in [-0.2, 0) is 17.8 Å². The minimum Gasteiger partial charge on any atom is -0.357 e. The van der Waals surface area contributed by atoms with E-state index in [0.717, 1.165) is 23.7 Å². The molecule has 0 aliphatic heterocycles. The van der Waals surface area contributed by atoms with Gasteiger partial charge in [0.15, 0.2) is 5.96 Å². The van der Waals surface area contributed by atoms with Crippen molar-refractivity contribution in [1.29, 1.82) is 0 Å². The molecule has 0 saturated heterocycles. The number of hydrogen-bond acceptors (Lipinski definition) is 4. The van der Waals surface area contributed by atoms with Crippen LogP contribution in [0.2, 0.25) is 0 Å². The molecular weight excluding hydrogens is 322 g/mol. The second-order valence-electron chi connectivity index (χ2n) is 5.04. The van der Waals surface area contributed by atoms with Crippen LogP contribution < -0.4 is 16.0 Å². The molecule has 0 bridgehead atoms. The Morgan fingerprint density at radius 3 is 2.67 bits per heavy atom. The molecular formula is C17H23N5OS. The molecule has 0 spiro atoms. The monoisotopic (exact) mass is 345 g/mol. The number of carbonyl (C=O) groups is 1. The smallest absolute Gasteiger partial charge is 0.246 e. The molecule has 6 nitrogen and oxygen atoms in total. The molecule has 0 atom stereocenters. The first-order valence-electron chi connectivity index (χ1n) is 8.02. The van der Waals surface area contributed by atoms with Gasteiger partial charge in [-0.25, -0.2) is 9.98 Å². The molecule has 0 aliphatic carbocycles. The Morgan fingerprint density at radius 1 is 1.21 bits per heavy atom. The van der Waals surface area contributed by atoms with Crippen LogP contribution in [0.15, 0.2) is 41.5 Å². The molecule has 1 aromatic carbocycles. The molecule has 0 aliphatic rings. The topological polar surface area (TPSA) is 78.4 Å². The van der Waals surface area contributed by atoms with E-state index in [-0.39, 0.29) is 12.5 Å². The van der Waals surface area contributed by atoms with Crippen LogP contribution in [0.5, 0.6) is 0 Å². The van der Waals surface area contributed by atoms with Crippen molar-refractivity contribution in [1.82, 2.24) is 15.6 Å². The Hall–Kier alpha value is -2.41. The van der Waals surface area contributed by atoms with Crippen molar-refractivity contribution in [3.05, 3.63) is 46.4 Å². The fraction of sp³-hybridized carbons (Fsp3) is 0.353. The van der Waals surface area contributed by atoms with E-state index < -0.39 is 0 Å². The van der Waals surface area contributed by atoms with E-state index in [1.165, 1.54) is 4.88 Å². The van der Waals surface area contributed by atoms with Crippen molar-refractivity contribution in [2.24, 2.45) is 4.99 Å². The number of para-hydroxylation sites is 1. The van der Waals surface area contributed by atoms with Crippen LogP contribution in [0.1, 0.15) is 23.7 Å². The minimum atomic E-state index is -0.152. The normalized spacial score (nSPS) is 11.2. The molecule has 0 radical (unpaired) electrons. The van der Waals surface area contributed by atoms with Crippen LogP contribution in [0.25, 0.3) is 0 Å². The highest BCUT2D eigenvalue weighted by Crippen LogP contribution is 2.12. The molecule has 0 saturated carbocycles. The summed E-state index contributed by atoms with van der Waals surface area (Å²) in [4.78, 5) is 21.9. The Bertz CT molecular complexity index is 669. The van der Waals surface area contributed by atoms with E-state index in [1.54, 1.807) is 11.3 Å². The van der Waals surface area contributed by atoms with E-state index in [1.807, 2.05) is 43.5 Å². The lowest BCUT2D eigenvalue weighted by Crippen LogP contribution is -2.37. The summed E-state index contributed by atoms with van der Waals surface area (Å²) in [5.74, 6) is 0.454. The summed E-state index contributed by atoms with van der Waals surface area (Å²) in [5, 5.41) is 10.1. The highest BCUT2D eigenvalue weighted by atomic mass is 32.1. The zero-order valence-electron chi connectivity index (χ0n) is 14.0. The summed E-state index contributed by atoms with van der Waals surface area (Å²) in [6.45, 7) is 5.48. The maximum atomic E-state index is 12.0. The van der Waals surface area contributed by atoms with E-state index in [0.29, 0.717) is 12.5 Å². The average Bonchev–Trinajstić information content (AvgIpc) is 3.06. The van der Waals surface area contributed by atoms with Gasteiger partial charge in [-0.2, -0.15) is 0 Å². The van der Waals surface area contributed by atoms with Crippen LogP contribution in [0, 0.1) is 0 Å². The van der Waals surface area contributed by atoms with Gasteiger partial charge >= 0.3 is 0 Å². The number of guanidine groups is 1. The zero-order valence-corrected chi connectivity index (χ0v) is 14.8.